The van der Waals surface area contributed by atoms with Gasteiger partial charge in [-0.05, 0) is 27.2 Å². The van der Waals surface area contributed by atoms with Crippen molar-refractivity contribution in [1.29, 1.82) is 0 Å². The molecule has 1 aromatic heterocycles. The van der Waals surface area contributed by atoms with Crippen LogP contribution >= 0.6 is 0 Å². The molecule has 0 unspecified atom stereocenters. The Morgan fingerprint density at radius 1 is 1.29 bits per heavy atom. The van der Waals surface area contributed by atoms with E-state index in [2.05, 4.69) is 16.9 Å². The number of aromatic nitrogens is 2. The molecule has 0 aliphatic rings. The Morgan fingerprint density at radius 3 is 2.35 bits per heavy atom. The normalized spacial score (nSPS) is 11.9. The lowest BCUT2D eigenvalue weighted by Gasteiger charge is -2.25. The van der Waals surface area contributed by atoms with E-state index in [1.165, 1.54) is 0 Å². The number of nitrogens with two attached hydrogens (primary N) is 1. The highest BCUT2D eigenvalue weighted by atomic mass is 16.5. The standard InChI is InChI=1S/C13H23N3O/c1-7-13(5,6)17-12-9(4)10(14)15-11(16-12)8(2)3/h8H,7H2,1-6H3,(H2,14,15,16). The fourth-order valence-corrected chi connectivity index (χ4v) is 1.22. The zero-order valence-electron chi connectivity index (χ0n) is 11.7. The van der Waals surface area contributed by atoms with E-state index in [-0.39, 0.29) is 11.5 Å². The molecule has 0 bridgehead atoms. The molecule has 2 N–H and O–H groups in total. The van der Waals surface area contributed by atoms with Gasteiger partial charge in [-0.2, -0.15) is 4.98 Å². The molecule has 0 aromatic carbocycles. The van der Waals surface area contributed by atoms with Gasteiger partial charge in [0.05, 0.1) is 5.56 Å². The van der Waals surface area contributed by atoms with Crippen LogP contribution in [0.25, 0.3) is 0 Å². The number of nitrogen functional groups attached to an aromatic ring is 1. The smallest absolute Gasteiger partial charge is 0.222 e. The van der Waals surface area contributed by atoms with E-state index in [9.17, 15) is 0 Å². The number of nitrogens with zero attached hydrogens (tertiary/aromatic N) is 2. The average Bonchev–Trinajstić information content (AvgIpc) is 2.24. The second-order valence-electron chi connectivity index (χ2n) is 5.27. The minimum Gasteiger partial charge on any atom is -0.471 e. The number of anilines is 1. The summed E-state index contributed by atoms with van der Waals surface area (Å²) in [4.78, 5) is 8.73. The van der Waals surface area contributed by atoms with Gasteiger partial charge in [-0.1, -0.05) is 20.8 Å². The van der Waals surface area contributed by atoms with Crippen LogP contribution in [0.4, 0.5) is 5.82 Å². The lowest BCUT2D eigenvalue weighted by Crippen LogP contribution is -2.28. The Labute approximate surface area is 104 Å². The minimum absolute atomic E-state index is 0.236. The monoisotopic (exact) mass is 237 g/mol. The van der Waals surface area contributed by atoms with Crippen molar-refractivity contribution < 1.29 is 4.74 Å². The second kappa shape index (κ2) is 4.90. The molecule has 0 radical (unpaired) electrons. The Kier molecular flexibility index (Phi) is 3.96. The van der Waals surface area contributed by atoms with Crippen molar-refractivity contribution in [3.05, 3.63) is 11.4 Å². The van der Waals surface area contributed by atoms with Gasteiger partial charge in [0.15, 0.2) is 0 Å². The molecule has 1 aromatic rings. The maximum Gasteiger partial charge on any atom is 0.222 e. The van der Waals surface area contributed by atoms with E-state index in [0.717, 1.165) is 17.8 Å². The van der Waals surface area contributed by atoms with Gasteiger partial charge in [0.1, 0.15) is 17.2 Å². The molecule has 1 rings (SSSR count). The summed E-state index contributed by atoms with van der Waals surface area (Å²) in [7, 11) is 0. The number of ether oxygens (including phenoxy) is 1. The summed E-state index contributed by atoms with van der Waals surface area (Å²) in [5, 5.41) is 0. The van der Waals surface area contributed by atoms with Gasteiger partial charge < -0.3 is 10.5 Å². The van der Waals surface area contributed by atoms with Gasteiger partial charge in [-0.3, -0.25) is 0 Å². The number of hydrogen-bond acceptors (Lipinski definition) is 4. The molecule has 0 spiro atoms. The first-order chi connectivity index (χ1) is 7.76. The molecule has 0 saturated heterocycles. The first-order valence-corrected chi connectivity index (χ1v) is 6.10. The van der Waals surface area contributed by atoms with Crippen molar-refractivity contribution in [3.8, 4) is 5.88 Å². The molecule has 0 aliphatic heterocycles. The maximum atomic E-state index is 5.92. The Morgan fingerprint density at radius 2 is 1.88 bits per heavy atom. The topological polar surface area (TPSA) is 61.0 Å². The van der Waals surface area contributed by atoms with E-state index in [1.807, 2.05) is 34.6 Å². The van der Waals surface area contributed by atoms with Gasteiger partial charge in [0.25, 0.3) is 0 Å². The zero-order chi connectivity index (χ0) is 13.2. The van der Waals surface area contributed by atoms with Crippen molar-refractivity contribution in [2.75, 3.05) is 5.73 Å². The lowest BCUT2D eigenvalue weighted by atomic mass is 10.1. The highest BCUT2D eigenvalue weighted by Gasteiger charge is 2.21. The third kappa shape index (κ3) is 3.32. The van der Waals surface area contributed by atoms with Crippen LogP contribution in [0, 0.1) is 6.92 Å². The molecule has 1 heterocycles. The zero-order valence-corrected chi connectivity index (χ0v) is 11.7. The van der Waals surface area contributed by atoms with Crippen LogP contribution in [0.1, 0.15) is 58.3 Å². The largest absolute Gasteiger partial charge is 0.471 e. The predicted octanol–water partition coefficient (Wildman–Crippen LogP) is 3.06. The lowest BCUT2D eigenvalue weighted by molar-refractivity contribution is 0.0975. The molecular weight excluding hydrogens is 214 g/mol. The summed E-state index contributed by atoms with van der Waals surface area (Å²) < 4.78 is 5.92. The first kappa shape index (κ1) is 13.7. The van der Waals surface area contributed by atoms with E-state index in [0.29, 0.717) is 11.7 Å². The molecule has 0 aliphatic carbocycles. The van der Waals surface area contributed by atoms with Crippen LogP contribution in [0.5, 0.6) is 5.88 Å². The van der Waals surface area contributed by atoms with E-state index >= 15 is 0 Å². The molecule has 4 heteroatoms. The molecule has 0 atom stereocenters. The van der Waals surface area contributed by atoms with Crippen LogP contribution in [0.3, 0.4) is 0 Å². The summed E-state index contributed by atoms with van der Waals surface area (Å²) in [6.07, 6.45) is 0.910. The molecule has 17 heavy (non-hydrogen) atoms. The van der Waals surface area contributed by atoms with Crippen LogP contribution in [0.15, 0.2) is 0 Å². The van der Waals surface area contributed by atoms with Crippen LogP contribution in [-0.4, -0.2) is 15.6 Å². The molecule has 0 saturated carbocycles. The third-order valence-electron chi connectivity index (χ3n) is 2.90. The fourth-order valence-electron chi connectivity index (χ4n) is 1.22. The summed E-state index contributed by atoms with van der Waals surface area (Å²) >= 11 is 0. The van der Waals surface area contributed by atoms with Gasteiger partial charge in [0.2, 0.25) is 5.88 Å². The van der Waals surface area contributed by atoms with Gasteiger partial charge in [-0.15, -0.1) is 0 Å². The van der Waals surface area contributed by atoms with Crippen molar-refractivity contribution in [3.63, 3.8) is 0 Å². The predicted molar refractivity (Wildman–Crippen MR) is 70.3 cm³/mol. The maximum absolute atomic E-state index is 5.92. The van der Waals surface area contributed by atoms with Gasteiger partial charge in [0, 0.05) is 5.92 Å². The van der Waals surface area contributed by atoms with Gasteiger partial charge in [-0.25, -0.2) is 4.98 Å². The van der Waals surface area contributed by atoms with Crippen molar-refractivity contribution >= 4 is 5.82 Å². The summed E-state index contributed by atoms with van der Waals surface area (Å²) in [6.45, 7) is 12.1. The fraction of sp³-hybridized carbons (Fsp3) is 0.692. The van der Waals surface area contributed by atoms with Crippen LogP contribution in [-0.2, 0) is 0 Å². The Hall–Kier alpha value is -1.32. The quantitative estimate of drug-likeness (QED) is 0.874. The van der Waals surface area contributed by atoms with Crippen LogP contribution < -0.4 is 10.5 Å². The molecule has 96 valence electrons. The van der Waals surface area contributed by atoms with Crippen molar-refractivity contribution in [2.45, 2.75) is 59.5 Å². The van der Waals surface area contributed by atoms with Crippen LogP contribution in [0.2, 0.25) is 0 Å². The van der Waals surface area contributed by atoms with Gasteiger partial charge >= 0.3 is 0 Å². The molecular formula is C13H23N3O. The highest BCUT2D eigenvalue weighted by molar-refractivity contribution is 5.44. The summed E-state index contributed by atoms with van der Waals surface area (Å²) in [6, 6.07) is 0. The van der Waals surface area contributed by atoms with Crippen molar-refractivity contribution in [1.82, 2.24) is 9.97 Å². The Balaban J connectivity index is 3.14. The first-order valence-electron chi connectivity index (χ1n) is 6.10. The number of hydrogen-bond donors (Lipinski definition) is 1. The SMILES string of the molecule is CCC(C)(C)Oc1nc(C(C)C)nc(N)c1C. The molecule has 0 fully saturated rings. The van der Waals surface area contributed by atoms with E-state index in [4.69, 9.17) is 10.5 Å². The summed E-state index contributed by atoms with van der Waals surface area (Å²) in [5.74, 6) is 2.08. The van der Waals surface area contributed by atoms with Crippen molar-refractivity contribution in [2.24, 2.45) is 0 Å². The molecule has 4 nitrogen and oxygen atoms in total. The van der Waals surface area contributed by atoms with E-state index in [1.54, 1.807) is 0 Å². The second-order valence-corrected chi connectivity index (χ2v) is 5.27. The minimum atomic E-state index is -0.236. The summed E-state index contributed by atoms with van der Waals surface area (Å²) in [5.41, 5.74) is 6.47. The highest BCUT2D eigenvalue weighted by Crippen LogP contribution is 2.27. The third-order valence-corrected chi connectivity index (χ3v) is 2.90. The average molecular weight is 237 g/mol. The molecule has 0 amide bonds. The van der Waals surface area contributed by atoms with E-state index < -0.39 is 0 Å². The Bertz CT molecular complexity index is 400. The number of rotatable bonds is 4.